The zero-order valence-corrected chi connectivity index (χ0v) is 18.9. The first-order valence-electron chi connectivity index (χ1n) is 10.8. The molecule has 0 aliphatic carbocycles. The largest absolute Gasteiger partial charge is 0.386 e. The highest BCUT2D eigenvalue weighted by atomic mass is 35.5. The summed E-state index contributed by atoms with van der Waals surface area (Å²) in [6.45, 7) is 2.24. The first-order chi connectivity index (χ1) is 15.8. The van der Waals surface area contributed by atoms with E-state index in [4.69, 9.17) is 16.9 Å². The van der Waals surface area contributed by atoms with Gasteiger partial charge in [-0.2, -0.15) is 5.26 Å². The Morgan fingerprint density at radius 1 is 1.12 bits per heavy atom. The van der Waals surface area contributed by atoms with Gasteiger partial charge in [-0.3, -0.25) is 9.88 Å². The van der Waals surface area contributed by atoms with Gasteiger partial charge in [0.05, 0.1) is 23.4 Å². The molecule has 4 nitrogen and oxygen atoms in total. The third kappa shape index (κ3) is 5.22. The molecule has 170 valence electrons. The Morgan fingerprint density at radius 3 is 2.45 bits per heavy atom. The first-order valence-corrected chi connectivity index (χ1v) is 11.2. The minimum absolute atomic E-state index is 0.153. The lowest BCUT2D eigenvalue weighted by molar-refractivity contribution is -0.0766. The zero-order valence-electron chi connectivity index (χ0n) is 18.2. The van der Waals surface area contributed by atoms with Crippen molar-refractivity contribution in [1.82, 2.24) is 9.88 Å². The number of pyridine rings is 1. The number of aliphatic hydroxyl groups is 1. The number of aromatic nitrogens is 1. The minimum atomic E-state index is -2.70. The van der Waals surface area contributed by atoms with Crippen LogP contribution in [-0.4, -0.2) is 34.0 Å². The Bertz CT molecular complexity index is 1150. The number of aryl methyl sites for hydroxylation is 1. The molecule has 1 aromatic heterocycles. The number of hydrogen-bond donors (Lipinski definition) is 1. The number of piperidine rings is 1. The van der Waals surface area contributed by atoms with E-state index in [1.807, 2.05) is 24.0 Å². The summed E-state index contributed by atoms with van der Waals surface area (Å²) in [6.07, 6.45) is 0.0901. The highest BCUT2D eigenvalue weighted by Crippen LogP contribution is 2.41. The lowest BCUT2D eigenvalue weighted by Crippen LogP contribution is -2.43. The van der Waals surface area contributed by atoms with Crippen LogP contribution in [0.15, 0.2) is 60.8 Å². The van der Waals surface area contributed by atoms with E-state index in [2.05, 4.69) is 11.1 Å². The summed E-state index contributed by atoms with van der Waals surface area (Å²) < 4.78 is 27.8. The number of aliphatic hydroxyl groups excluding tert-OH is 1. The Balaban J connectivity index is 1.77. The van der Waals surface area contributed by atoms with Crippen molar-refractivity contribution in [2.45, 2.75) is 37.8 Å². The van der Waals surface area contributed by atoms with E-state index in [-0.39, 0.29) is 25.9 Å². The van der Waals surface area contributed by atoms with E-state index in [9.17, 15) is 13.9 Å². The van der Waals surface area contributed by atoms with Crippen molar-refractivity contribution < 1.29 is 13.9 Å². The number of halogens is 3. The SMILES string of the molecule is Cc1cc(Cl)cc(-c2ncccc2[C@@H](O)[C@H](c2ccc(C#N)cc2)N2CCC(F)(F)CC2)c1. The van der Waals surface area contributed by atoms with Gasteiger partial charge in [0.15, 0.2) is 0 Å². The third-order valence-corrected chi connectivity index (χ3v) is 6.29. The van der Waals surface area contributed by atoms with Gasteiger partial charge < -0.3 is 5.11 Å². The van der Waals surface area contributed by atoms with Crippen LogP contribution in [0.3, 0.4) is 0 Å². The molecule has 1 aliphatic heterocycles. The molecule has 1 fully saturated rings. The van der Waals surface area contributed by atoms with Crippen LogP contribution in [0.4, 0.5) is 8.78 Å². The molecule has 3 aromatic rings. The monoisotopic (exact) mass is 467 g/mol. The predicted molar refractivity (Wildman–Crippen MR) is 124 cm³/mol. The van der Waals surface area contributed by atoms with Crippen molar-refractivity contribution in [2.75, 3.05) is 13.1 Å². The van der Waals surface area contributed by atoms with Gasteiger partial charge in [0.2, 0.25) is 0 Å². The number of nitriles is 1. The van der Waals surface area contributed by atoms with E-state index >= 15 is 0 Å². The van der Waals surface area contributed by atoms with Crippen LogP contribution < -0.4 is 0 Å². The molecule has 2 atom stereocenters. The molecular formula is C26H24ClF2N3O. The number of rotatable bonds is 5. The summed E-state index contributed by atoms with van der Waals surface area (Å²) in [5.74, 6) is -2.70. The minimum Gasteiger partial charge on any atom is -0.386 e. The number of alkyl halides is 2. The molecule has 2 heterocycles. The molecule has 4 rings (SSSR count). The average molecular weight is 468 g/mol. The van der Waals surface area contributed by atoms with Crippen LogP contribution in [-0.2, 0) is 0 Å². The quantitative estimate of drug-likeness (QED) is 0.493. The van der Waals surface area contributed by atoms with Crippen molar-refractivity contribution >= 4 is 11.6 Å². The van der Waals surface area contributed by atoms with E-state index in [1.54, 1.807) is 48.7 Å². The summed E-state index contributed by atoms with van der Waals surface area (Å²) in [6, 6.07) is 17.6. The second-order valence-electron chi connectivity index (χ2n) is 8.47. The standard InChI is InChI=1S/C26H24ClF2N3O/c1-17-13-20(15-21(27)14-17)23-22(3-2-10-31-23)25(33)24(19-6-4-18(16-30)5-7-19)32-11-8-26(28,29)9-12-32/h2-7,10,13-15,24-25,33H,8-9,11-12H2,1H3/t24-,25+/m0/s1. The van der Waals surface area contributed by atoms with Gasteiger partial charge in [0.25, 0.3) is 5.92 Å². The molecule has 1 N–H and O–H groups in total. The van der Waals surface area contributed by atoms with E-state index in [0.29, 0.717) is 21.8 Å². The number of hydrogen-bond acceptors (Lipinski definition) is 4. The summed E-state index contributed by atoms with van der Waals surface area (Å²) in [5, 5.41) is 21.4. The van der Waals surface area contributed by atoms with Gasteiger partial charge in [-0.25, -0.2) is 8.78 Å². The van der Waals surface area contributed by atoms with Crippen molar-refractivity contribution in [1.29, 1.82) is 5.26 Å². The molecule has 7 heteroatoms. The molecule has 1 saturated heterocycles. The van der Waals surface area contributed by atoms with Gasteiger partial charge >= 0.3 is 0 Å². The molecule has 0 saturated carbocycles. The third-order valence-electron chi connectivity index (χ3n) is 6.08. The molecule has 2 aromatic carbocycles. The molecule has 0 radical (unpaired) electrons. The first kappa shape index (κ1) is 23.3. The van der Waals surface area contributed by atoms with Gasteiger partial charge in [-0.15, -0.1) is 0 Å². The smallest absolute Gasteiger partial charge is 0.250 e. The molecule has 0 spiro atoms. The summed E-state index contributed by atoms with van der Waals surface area (Å²) >= 11 is 6.27. The molecule has 0 amide bonds. The van der Waals surface area contributed by atoms with Crippen LogP contribution >= 0.6 is 11.6 Å². The molecule has 0 unspecified atom stereocenters. The van der Waals surface area contributed by atoms with E-state index in [0.717, 1.165) is 16.7 Å². The Labute approximate surface area is 197 Å². The molecular weight excluding hydrogens is 444 g/mol. The molecule has 33 heavy (non-hydrogen) atoms. The predicted octanol–water partition coefficient (Wildman–Crippen LogP) is 6.09. The topological polar surface area (TPSA) is 60.2 Å². The maximum absolute atomic E-state index is 13.9. The van der Waals surface area contributed by atoms with E-state index in [1.165, 1.54) is 0 Å². The maximum Gasteiger partial charge on any atom is 0.250 e. The normalized spacial score (nSPS) is 17.8. The van der Waals surface area contributed by atoms with Gasteiger partial charge in [0, 0.05) is 48.3 Å². The summed E-state index contributed by atoms with van der Waals surface area (Å²) in [7, 11) is 0. The van der Waals surface area contributed by atoms with Crippen LogP contribution in [0.25, 0.3) is 11.3 Å². The van der Waals surface area contributed by atoms with Crippen molar-refractivity contribution in [2.24, 2.45) is 0 Å². The van der Waals surface area contributed by atoms with Crippen LogP contribution in [0, 0.1) is 18.3 Å². The van der Waals surface area contributed by atoms with Crippen LogP contribution in [0.2, 0.25) is 5.02 Å². The number of nitrogens with zero attached hydrogens (tertiary/aromatic N) is 3. The van der Waals surface area contributed by atoms with E-state index < -0.39 is 18.1 Å². The number of benzene rings is 2. The maximum atomic E-state index is 13.9. The molecule has 1 aliphatic rings. The van der Waals surface area contributed by atoms with Gasteiger partial charge in [-0.05, 0) is 54.4 Å². The highest BCUT2D eigenvalue weighted by molar-refractivity contribution is 6.30. The van der Waals surface area contributed by atoms with Crippen molar-refractivity contribution in [3.63, 3.8) is 0 Å². The second kappa shape index (κ2) is 9.56. The lowest BCUT2D eigenvalue weighted by Gasteiger charge is -2.40. The number of likely N-dealkylation sites (tertiary alicyclic amines) is 1. The van der Waals surface area contributed by atoms with Crippen LogP contribution in [0.5, 0.6) is 0 Å². The van der Waals surface area contributed by atoms with Gasteiger partial charge in [0.1, 0.15) is 6.10 Å². The Morgan fingerprint density at radius 2 is 1.82 bits per heavy atom. The fraction of sp³-hybridized carbons (Fsp3) is 0.308. The summed E-state index contributed by atoms with van der Waals surface area (Å²) in [5.41, 5.74) is 4.17. The zero-order chi connectivity index (χ0) is 23.6. The van der Waals surface area contributed by atoms with Gasteiger partial charge in [-0.1, -0.05) is 29.8 Å². The van der Waals surface area contributed by atoms with Crippen molar-refractivity contribution in [3.8, 4) is 17.3 Å². The lowest BCUT2D eigenvalue weighted by atomic mass is 9.89. The average Bonchev–Trinajstić information content (AvgIpc) is 2.80. The fourth-order valence-electron chi connectivity index (χ4n) is 4.42. The van der Waals surface area contributed by atoms with Crippen molar-refractivity contribution in [3.05, 3.63) is 88.1 Å². The fourth-order valence-corrected chi connectivity index (χ4v) is 4.71. The summed E-state index contributed by atoms with van der Waals surface area (Å²) in [4.78, 5) is 6.42. The highest BCUT2D eigenvalue weighted by Gasteiger charge is 2.39. The van der Waals surface area contributed by atoms with Crippen LogP contribution in [0.1, 0.15) is 47.2 Å². The Kier molecular flexibility index (Phi) is 6.76. The molecule has 0 bridgehead atoms. The Hall–Kier alpha value is -2.85. The second-order valence-corrected chi connectivity index (χ2v) is 8.91.